The van der Waals surface area contributed by atoms with Gasteiger partial charge in [-0.2, -0.15) is 0 Å². The Labute approximate surface area is 68.9 Å². The largest absolute Gasteiger partial charge is 0.393 e. The number of aliphatic hydroxyl groups excluding tert-OH is 1. The summed E-state index contributed by atoms with van der Waals surface area (Å²) >= 11 is 0. The van der Waals surface area contributed by atoms with Gasteiger partial charge < -0.3 is 9.84 Å². The van der Waals surface area contributed by atoms with Gasteiger partial charge in [0.15, 0.2) is 0 Å². The zero-order chi connectivity index (χ0) is 8.53. The van der Waals surface area contributed by atoms with Gasteiger partial charge >= 0.3 is 0 Å². The Bertz CT molecular complexity index is 91.6. The summed E-state index contributed by atoms with van der Waals surface area (Å²) in [5.41, 5.74) is 0. The molecule has 0 spiro atoms. The highest BCUT2D eigenvalue weighted by molar-refractivity contribution is 4.68. The lowest BCUT2D eigenvalue weighted by molar-refractivity contribution is 0.129. The van der Waals surface area contributed by atoms with Gasteiger partial charge in [0.1, 0.15) is 0 Å². The molecule has 0 radical (unpaired) electrons. The summed E-state index contributed by atoms with van der Waals surface area (Å²) in [7, 11) is 1.68. The number of methoxy groups -OCH3 is 1. The first-order valence-corrected chi connectivity index (χ1v) is 4.09. The molecule has 0 saturated carbocycles. The van der Waals surface area contributed by atoms with Crippen LogP contribution >= 0.6 is 0 Å². The summed E-state index contributed by atoms with van der Waals surface area (Å²) < 4.78 is 4.87. The lowest BCUT2D eigenvalue weighted by Crippen LogP contribution is -2.06. The van der Waals surface area contributed by atoms with E-state index < -0.39 is 0 Å². The molecule has 0 aromatic heterocycles. The third-order valence-electron chi connectivity index (χ3n) is 1.59. The predicted molar refractivity (Wildman–Crippen MR) is 46.5 cm³/mol. The highest BCUT2D eigenvalue weighted by Crippen LogP contribution is 2.04. The van der Waals surface area contributed by atoms with E-state index in [0.29, 0.717) is 0 Å². The highest BCUT2D eigenvalue weighted by Gasteiger charge is 2.00. The minimum atomic E-state index is -0.178. The average molecular weight is 158 g/mol. The van der Waals surface area contributed by atoms with Crippen LogP contribution in [0.2, 0.25) is 0 Å². The van der Waals surface area contributed by atoms with Crippen molar-refractivity contribution in [1.82, 2.24) is 0 Å². The normalized spacial score (nSPS) is 12.9. The molecule has 0 aliphatic rings. The van der Waals surface area contributed by atoms with Crippen molar-refractivity contribution >= 4 is 0 Å². The Hall–Kier alpha value is -0.340. The van der Waals surface area contributed by atoms with Crippen LogP contribution in [-0.2, 0) is 4.74 Å². The number of allylic oxidation sites excluding steroid dienone is 1. The van der Waals surface area contributed by atoms with Crippen LogP contribution in [0.25, 0.3) is 0 Å². The zero-order valence-corrected chi connectivity index (χ0v) is 7.25. The highest BCUT2D eigenvalue weighted by atomic mass is 16.5. The van der Waals surface area contributed by atoms with Crippen LogP contribution in [0, 0.1) is 0 Å². The topological polar surface area (TPSA) is 29.5 Å². The maximum absolute atomic E-state index is 9.30. The molecule has 0 rings (SSSR count). The van der Waals surface area contributed by atoms with Crippen molar-refractivity contribution in [3.8, 4) is 0 Å². The average Bonchev–Trinajstić information content (AvgIpc) is 2.01. The molecule has 1 N–H and O–H groups in total. The fraction of sp³-hybridized carbons (Fsp3) is 0.778. The summed E-state index contributed by atoms with van der Waals surface area (Å²) in [6, 6.07) is 0. The molecule has 0 fully saturated rings. The van der Waals surface area contributed by atoms with Crippen molar-refractivity contribution in [2.75, 3.05) is 13.7 Å². The first-order chi connectivity index (χ1) is 5.31. The second-order valence-electron chi connectivity index (χ2n) is 2.65. The van der Waals surface area contributed by atoms with Crippen molar-refractivity contribution in [1.29, 1.82) is 0 Å². The zero-order valence-electron chi connectivity index (χ0n) is 7.25. The number of ether oxygens (including phenoxy) is 1. The standard InChI is InChI=1S/C9H18O2/c1-3-4-6-9(10)7-5-8-11-2/h3,9-10H,1,4-8H2,2H3. The molecule has 0 aliphatic heterocycles. The van der Waals surface area contributed by atoms with E-state index in [9.17, 15) is 5.11 Å². The van der Waals surface area contributed by atoms with Crippen LogP contribution in [0.5, 0.6) is 0 Å². The van der Waals surface area contributed by atoms with Crippen LogP contribution in [0.15, 0.2) is 12.7 Å². The van der Waals surface area contributed by atoms with E-state index in [4.69, 9.17) is 4.74 Å². The monoisotopic (exact) mass is 158 g/mol. The molecule has 2 nitrogen and oxygen atoms in total. The van der Waals surface area contributed by atoms with Gasteiger partial charge in [-0.25, -0.2) is 0 Å². The number of hydrogen-bond donors (Lipinski definition) is 1. The molecule has 0 aliphatic carbocycles. The maximum atomic E-state index is 9.30. The molecule has 2 heteroatoms. The fourth-order valence-corrected chi connectivity index (χ4v) is 0.918. The Morgan fingerprint density at radius 3 is 2.82 bits per heavy atom. The Balaban J connectivity index is 3.08. The molecule has 1 atom stereocenters. The third kappa shape index (κ3) is 7.56. The first-order valence-electron chi connectivity index (χ1n) is 4.09. The van der Waals surface area contributed by atoms with Crippen molar-refractivity contribution in [2.24, 2.45) is 0 Å². The van der Waals surface area contributed by atoms with E-state index >= 15 is 0 Å². The number of aliphatic hydroxyl groups is 1. The van der Waals surface area contributed by atoms with Gasteiger partial charge in [-0.15, -0.1) is 6.58 Å². The first kappa shape index (κ1) is 10.7. The van der Waals surface area contributed by atoms with E-state index in [1.165, 1.54) is 0 Å². The maximum Gasteiger partial charge on any atom is 0.0544 e. The fourth-order valence-electron chi connectivity index (χ4n) is 0.918. The van der Waals surface area contributed by atoms with Gasteiger partial charge in [-0.3, -0.25) is 0 Å². The molecule has 11 heavy (non-hydrogen) atoms. The molecule has 0 aromatic rings. The summed E-state index contributed by atoms with van der Waals surface area (Å²) in [6.45, 7) is 4.33. The molecule has 1 unspecified atom stereocenters. The van der Waals surface area contributed by atoms with Crippen LogP contribution in [0.3, 0.4) is 0 Å². The second kappa shape index (κ2) is 7.76. The van der Waals surface area contributed by atoms with Crippen molar-refractivity contribution in [2.45, 2.75) is 31.8 Å². The molecule has 0 bridgehead atoms. The van der Waals surface area contributed by atoms with Gasteiger partial charge in [-0.05, 0) is 25.7 Å². The quantitative estimate of drug-likeness (QED) is 0.451. The van der Waals surface area contributed by atoms with E-state index in [2.05, 4.69) is 6.58 Å². The van der Waals surface area contributed by atoms with Crippen molar-refractivity contribution in [3.05, 3.63) is 12.7 Å². The lowest BCUT2D eigenvalue weighted by Gasteiger charge is -2.07. The van der Waals surface area contributed by atoms with Crippen molar-refractivity contribution < 1.29 is 9.84 Å². The molecule has 0 heterocycles. The van der Waals surface area contributed by atoms with E-state index in [0.717, 1.165) is 32.3 Å². The van der Waals surface area contributed by atoms with Gasteiger partial charge in [0.25, 0.3) is 0 Å². The summed E-state index contributed by atoms with van der Waals surface area (Å²) in [6.07, 6.45) is 5.15. The molecule has 0 amide bonds. The van der Waals surface area contributed by atoms with Gasteiger partial charge in [0.2, 0.25) is 0 Å². The van der Waals surface area contributed by atoms with E-state index in [1.807, 2.05) is 6.08 Å². The Morgan fingerprint density at radius 1 is 1.55 bits per heavy atom. The molecule has 0 aromatic carbocycles. The van der Waals surface area contributed by atoms with Gasteiger partial charge in [-0.1, -0.05) is 6.08 Å². The number of rotatable bonds is 7. The second-order valence-corrected chi connectivity index (χ2v) is 2.65. The van der Waals surface area contributed by atoms with Crippen LogP contribution < -0.4 is 0 Å². The van der Waals surface area contributed by atoms with Crippen LogP contribution in [0.4, 0.5) is 0 Å². The minimum Gasteiger partial charge on any atom is -0.393 e. The summed E-state index contributed by atoms with van der Waals surface area (Å²) in [4.78, 5) is 0. The Kier molecular flexibility index (Phi) is 7.52. The predicted octanol–water partition coefficient (Wildman–Crippen LogP) is 1.74. The lowest BCUT2D eigenvalue weighted by atomic mass is 10.1. The van der Waals surface area contributed by atoms with Crippen LogP contribution in [0.1, 0.15) is 25.7 Å². The van der Waals surface area contributed by atoms with Crippen molar-refractivity contribution in [3.63, 3.8) is 0 Å². The van der Waals surface area contributed by atoms with E-state index in [-0.39, 0.29) is 6.10 Å². The molecular weight excluding hydrogens is 140 g/mol. The van der Waals surface area contributed by atoms with Gasteiger partial charge in [0.05, 0.1) is 6.10 Å². The molecule has 66 valence electrons. The molecular formula is C9H18O2. The SMILES string of the molecule is C=CCCC(O)CCCOC. The van der Waals surface area contributed by atoms with Crippen LogP contribution in [-0.4, -0.2) is 24.9 Å². The smallest absolute Gasteiger partial charge is 0.0544 e. The minimum absolute atomic E-state index is 0.178. The molecule has 0 saturated heterocycles. The Morgan fingerprint density at radius 2 is 2.27 bits per heavy atom. The van der Waals surface area contributed by atoms with Gasteiger partial charge in [0, 0.05) is 13.7 Å². The number of hydrogen-bond acceptors (Lipinski definition) is 2. The van der Waals surface area contributed by atoms with E-state index in [1.54, 1.807) is 7.11 Å². The third-order valence-corrected chi connectivity index (χ3v) is 1.59. The summed E-state index contributed by atoms with van der Waals surface area (Å²) in [5, 5.41) is 9.30. The summed E-state index contributed by atoms with van der Waals surface area (Å²) in [5.74, 6) is 0.